The topological polar surface area (TPSA) is 0 Å². The molecule has 0 saturated heterocycles. The van der Waals surface area contributed by atoms with Gasteiger partial charge in [0.2, 0.25) is 0 Å². The van der Waals surface area contributed by atoms with Crippen molar-refractivity contribution in [3.05, 3.63) is 69.5 Å². The van der Waals surface area contributed by atoms with E-state index >= 15 is 0 Å². The van der Waals surface area contributed by atoms with Crippen molar-refractivity contribution in [1.82, 2.24) is 0 Å². The fraction of sp³-hybridized carbons (Fsp3) is 0.200. The molecule has 1 atom stereocenters. The van der Waals surface area contributed by atoms with Crippen LogP contribution in [0.4, 0.5) is 4.39 Å². The number of alkyl halides is 1. The minimum Gasteiger partial charge on any atom is -0.207 e. The van der Waals surface area contributed by atoms with Gasteiger partial charge in [0.15, 0.2) is 0 Å². The average molecular weight is 362 g/mol. The lowest BCUT2D eigenvalue weighted by Gasteiger charge is -2.16. The van der Waals surface area contributed by atoms with E-state index in [1.807, 2.05) is 18.2 Å². The van der Waals surface area contributed by atoms with E-state index in [1.165, 1.54) is 12.1 Å². The van der Waals surface area contributed by atoms with Crippen molar-refractivity contribution < 1.29 is 4.39 Å². The summed E-state index contributed by atoms with van der Waals surface area (Å²) < 4.78 is 13.0. The second-order valence-corrected chi connectivity index (χ2v) is 5.77. The van der Waals surface area contributed by atoms with Gasteiger partial charge in [-0.2, -0.15) is 0 Å². The molecule has 0 spiro atoms. The minimum atomic E-state index is -0.229. The Morgan fingerprint density at radius 3 is 2.11 bits per heavy atom. The van der Waals surface area contributed by atoms with Gasteiger partial charge >= 0.3 is 0 Å². The van der Waals surface area contributed by atoms with Crippen LogP contribution in [0.15, 0.2) is 42.5 Å². The maximum absolute atomic E-state index is 13.0. The van der Waals surface area contributed by atoms with Crippen LogP contribution in [0.2, 0.25) is 10.0 Å². The summed E-state index contributed by atoms with van der Waals surface area (Å²) in [6.07, 6.45) is 0.718. The summed E-state index contributed by atoms with van der Waals surface area (Å²) in [5.74, 6) is -0.0224. The molecule has 0 N–H and O–H groups in total. The van der Waals surface area contributed by atoms with Crippen molar-refractivity contribution in [3.63, 3.8) is 0 Å². The van der Waals surface area contributed by atoms with E-state index in [4.69, 9.17) is 23.2 Å². The number of rotatable bonds is 4. The molecule has 0 heterocycles. The molecular weight excluding hydrogens is 350 g/mol. The van der Waals surface area contributed by atoms with Gasteiger partial charge < -0.3 is 0 Å². The van der Waals surface area contributed by atoms with E-state index in [0.29, 0.717) is 10.0 Å². The van der Waals surface area contributed by atoms with Crippen LogP contribution in [-0.2, 0) is 6.42 Å². The van der Waals surface area contributed by atoms with Crippen LogP contribution in [-0.4, -0.2) is 5.33 Å². The summed E-state index contributed by atoms with van der Waals surface area (Å²) in [4.78, 5) is 0. The summed E-state index contributed by atoms with van der Waals surface area (Å²) in [5, 5.41) is 2.10. The molecule has 0 saturated carbocycles. The normalized spacial score (nSPS) is 12.4. The molecule has 0 nitrogen and oxygen atoms in total. The van der Waals surface area contributed by atoms with Crippen molar-refractivity contribution in [2.75, 3.05) is 5.33 Å². The van der Waals surface area contributed by atoms with Crippen molar-refractivity contribution >= 4 is 39.1 Å². The van der Waals surface area contributed by atoms with Crippen LogP contribution < -0.4 is 0 Å². The summed E-state index contributed by atoms with van der Waals surface area (Å²) in [6.45, 7) is 0. The minimum absolute atomic E-state index is 0.206. The standard InChI is InChI=1S/C15H12BrCl2F/c16-9-11(10-4-6-12(19)7-5-10)8-13-14(17)2-1-3-15(13)18/h1-7,11H,8-9H2. The van der Waals surface area contributed by atoms with Gasteiger partial charge in [-0.05, 0) is 47.7 Å². The first kappa shape index (κ1) is 14.8. The second kappa shape index (κ2) is 6.74. The summed E-state index contributed by atoms with van der Waals surface area (Å²) >= 11 is 15.9. The lowest BCUT2D eigenvalue weighted by Crippen LogP contribution is -2.05. The molecule has 0 aliphatic rings. The van der Waals surface area contributed by atoms with Gasteiger partial charge in [0.25, 0.3) is 0 Å². The summed E-state index contributed by atoms with van der Waals surface area (Å²) in [6, 6.07) is 12.0. The van der Waals surface area contributed by atoms with Crippen LogP contribution in [0, 0.1) is 5.82 Å². The Morgan fingerprint density at radius 2 is 1.58 bits per heavy atom. The van der Waals surface area contributed by atoms with Gasteiger partial charge in [-0.25, -0.2) is 4.39 Å². The van der Waals surface area contributed by atoms with Gasteiger partial charge in [0.1, 0.15) is 5.82 Å². The van der Waals surface area contributed by atoms with Crippen LogP contribution >= 0.6 is 39.1 Å². The highest BCUT2D eigenvalue weighted by atomic mass is 79.9. The van der Waals surface area contributed by atoms with E-state index in [2.05, 4.69) is 15.9 Å². The molecule has 0 aliphatic carbocycles. The lowest BCUT2D eigenvalue weighted by atomic mass is 9.93. The third-order valence-electron chi connectivity index (χ3n) is 3.04. The van der Waals surface area contributed by atoms with Gasteiger partial charge in [-0.3, -0.25) is 0 Å². The van der Waals surface area contributed by atoms with Crippen LogP contribution in [0.1, 0.15) is 17.0 Å². The van der Waals surface area contributed by atoms with E-state index in [-0.39, 0.29) is 11.7 Å². The van der Waals surface area contributed by atoms with Crippen molar-refractivity contribution in [1.29, 1.82) is 0 Å². The lowest BCUT2D eigenvalue weighted by molar-refractivity contribution is 0.625. The fourth-order valence-electron chi connectivity index (χ4n) is 1.97. The van der Waals surface area contributed by atoms with Gasteiger partial charge in [-0.1, -0.05) is 57.3 Å². The van der Waals surface area contributed by atoms with E-state index in [1.54, 1.807) is 12.1 Å². The number of benzene rings is 2. The highest BCUT2D eigenvalue weighted by Crippen LogP contribution is 2.31. The van der Waals surface area contributed by atoms with Gasteiger partial charge in [-0.15, -0.1) is 0 Å². The zero-order chi connectivity index (χ0) is 13.8. The number of hydrogen-bond acceptors (Lipinski definition) is 0. The molecule has 0 amide bonds. The summed E-state index contributed by atoms with van der Waals surface area (Å²) in [5.41, 5.74) is 1.99. The third-order valence-corrected chi connectivity index (χ3v) is 4.53. The molecule has 0 aliphatic heterocycles. The van der Waals surface area contributed by atoms with Crippen molar-refractivity contribution in [2.45, 2.75) is 12.3 Å². The Labute approximate surface area is 130 Å². The first-order valence-corrected chi connectivity index (χ1v) is 7.74. The number of hydrogen-bond donors (Lipinski definition) is 0. The van der Waals surface area contributed by atoms with Crippen LogP contribution in [0.3, 0.4) is 0 Å². The highest BCUT2D eigenvalue weighted by molar-refractivity contribution is 9.09. The first-order chi connectivity index (χ1) is 9.11. The molecule has 2 aromatic rings. The molecular formula is C15H12BrCl2F. The van der Waals surface area contributed by atoms with E-state index < -0.39 is 0 Å². The quantitative estimate of drug-likeness (QED) is 0.599. The van der Waals surface area contributed by atoms with Crippen LogP contribution in [0.25, 0.3) is 0 Å². The molecule has 2 rings (SSSR count). The zero-order valence-corrected chi connectivity index (χ0v) is 13.1. The number of halogens is 4. The Balaban J connectivity index is 2.26. The van der Waals surface area contributed by atoms with Gasteiger partial charge in [0, 0.05) is 15.4 Å². The Hall–Kier alpha value is -0.570. The van der Waals surface area contributed by atoms with Crippen LogP contribution in [0.5, 0.6) is 0 Å². The smallest absolute Gasteiger partial charge is 0.123 e. The molecule has 0 fully saturated rings. The zero-order valence-electron chi connectivity index (χ0n) is 10.0. The largest absolute Gasteiger partial charge is 0.207 e. The molecule has 0 bridgehead atoms. The molecule has 100 valence electrons. The molecule has 0 aromatic heterocycles. The van der Waals surface area contributed by atoms with Gasteiger partial charge in [0.05, 0.1) is 0 Å². The Kier molecular flexibility index (Phi) is 5.26. The Bertz CT molecular complexity index is 534. The predicted octanol–water partition coefficient (Wildman–Crippen LogP) is 5.85. The molecule has 4 heteroatoms. The second-order valence-electron chi connectivity index (χ2n) is 4.31. The van der Waals surface area contributed by atoms with Crippen molar-refractivity contribution in [2.24, 2.45) is 0 Å². The highest BCUT2D eigenvalue weighted by Gasteiger charge is 2.15. The Morgan fingerprint density at radius 1 is 1.00 bits per heavy atom. The monoisotopic (exact) mass is 360 g/mol. The molecule has 1 unspecified atom stereocenters. The third kappa shape index (κ3) is 3.71. The molecule has 19 heavy (non-hydrogen) atoms. The molecule has 0 radical (unpaired) electrons. The van der Waals surface area contributed by atoms with E-state index in [0.717, 1.165) is 22.9 Å². The summed E-state index contributed by atoms with van der Waals surface area (Å²) in [7, 11) is 0. The first-order valence-electron chi connectivity index (χ1n) is 5.86. The predicted molar refractivity (Wildman–Crippen MR) is 83.1 cm³/mol. The fourth-order valence-corrected chi connectivity index (χ4v) is 3.12. The maximum atomic E-state index is 13.0. The maximum Gasteiger partial charge on any atom is 0.123 e. The van der Waals surface area contributed by atoms with Crippen molar-refractivity contribution in [3.8, 4) is 0 Å². The average Bonchev–Trinajstić information content (AvgIpc) is 2.40. The van der Waals surface area contributed by atoms with E-state index in [9.17, 15) is 4.39 Å². The molecule has 2 aromatic carbocycles. The SMILES string of the molecule is Fc1ccc(C(CBr)Cc2c(Cl)cccc2Cl)cc1.